The van der Waals surface area contributed by atoms with E-state index < -0.39 is 0 Å². The van der Waals surface area contributed by atoms with Crippen molar-refractivity contribution in [2.24, 2.45) is 0 Å². The van der Waals surface area contributed by atoms with Crippen molar-refractivity contribution >= 4 is 0 Å². The number of hydrogen-bond donors (Lipinski definition) is 1. The van der Waals surface area contributed by atoms with Crippen molar-refractivity contribution in [3.8, 4) is 0 Å². The molecule has 1 aliphatic rings. The van der Waals surface area contributed by atoms with Crippen molar-refractivity contribution in [3.05, 3.63) is 47.6 Å². The van der Waals surface area contributed by atoms with Crippen LogP contribution in [-0.4, -0.2) is 33.3 Å². The highest BCUT2D eigenvalue weighted by atomic mass is 16.5. The average molecular weight is 273 g/mol. The molecule has 0 unspecified atom stereocenters. The second-order valence-corrected chi connectivity index (χ2v) is 5.24. The standard InChI is InChI=1S/C15H19N3O2/c19-9-8-18(10-12-4-2-1-3-5-12)11-14-16-15(20-17-14)13-6-7-13/h1-5,13,19H,6-11H2. The molecule has 0 radical (unpaired) electrons. The number of rotatable bonds is 7. The van der Waals surface area contributed by atoms with Crippen molar-refractivity contribution in [3.63, 3.8) is 0 Å². The fraction of sp³-hybridized carbons (Fsp3) is 0.467. The summed E-state index contributed by atoms with van der Waals surface area (Å²) in [4.78, 5) is 6.56. The van der Waals surface area contributed by atoms with Gasteiger partial charge in [-0.25, -0.2) is 0 Å². The largest absolute Gasteiger partial charge is 0.395 e. The Morgan fingerprint density at radius 1 is 1.20 bits per heavy atom. The Morgan fingerprint density at radius 2 is 2.00 bits per heavy atom. The zero-order chi connectivity index (χ0) is 13.8. The summed E-state index contributed by atoms with van der Waals surface area (Å²) < 4.78 is 5.27. The maximum atomic E-state index is 9.19. The van der Waals surface area contributed by atoms with E-state index in [9.17, 15) is 5.11 Å². The summed E-state index contributed by atoms with van der Waals surface area (Å²) in [5, 5.41) is 13.2. The summed E-state index contributed by atoms with van der Waals surface area (Å²) in [6.07, 6.45) is 2.32. The summed E-state index contributed by atoms with van der Waals surface area (Å²) >= 11 is 0. The molecule has 0 aliphatic heterocycles. The van der Waals surface area contributed by atoms with Gasteiger partial charge in [0.25, 0.3) is 0 Å². The number of nitrogens with zero attached hydrogens (tertiary/aromatic N) is 3. The second kappa shape index (κ2) is 6.15. The molecule has 2 aromatic rings. The van der Waals surface area contributed by atoms with E-state index in [-0.39, 0.29) is 6.61 Å². The molecule has 1 aromatic heterocycles. The van der Waals surface area contributed by atoms with Crippen LogP contribution in [0, 0.1) is 0 Å². The molecule has 5 nitrogen and oxygen atoms in total. The molecule has 106 valence electrons. The van der Waals surface area contributed by atoms with Gasteiger partial charge in [0.05, 0.1) is 13.2 Å². The van der Waals surface area contributed by atoms with Crippen molar-refractivity contribution in [1.29, 1.82) is 0 Å². The van der Waals surface area contributed by atoms with Crippen LogP contribution >= 0.6 is 0 Å². The molecule has 0 spiro atoms. The summed E-state index contributed by atoms with van der Waals surface area (Å²) in [6.45, 7) is 2.10. The topological polar surface area (TPSA) is 62.4 Å². The normalized spacial score (nSPS) is 14.9. The molecule has 1 aromatic carbocycles. The van der Waals surface area contributed by atoms with Gasteiger partial charge < -0.3 is 9.63 Å². The number of hydrogen-bond acceptors (Lipinski definition) is 5. The summed E-state index contributed by atoms with van der Waals surface area (Å²) in [7, 11) is 0. The third-order valence-electron chi connectivity index (χ3n) is 3.44. The van der Waals surface area contributed by atoms with E-state index in [1.54, 1.807) is 0 Å². The first kappa shape index (κ1) is 13.3. The lowest BCUT2D eigenvalue weighted by atomic mass is 10.2. The van der Waals surface area contributed by atoms with Gasteiger partial charge in [0.2, 0.25) is 5.89 Å². The van der Waals surface area contributed by atoms with E-state index in [4.69, 9.17) is 4.52 Å². The van der Waals surface area contributed by atoms with Gasteiger partial charge in [-0.1, -0.05) is 35.5 Å². The van der Waals surface area contributed by atoms with Crippen LogP contribution in [0.5, 0.6) is 0 Å². The highest BCUT2D eigenvalue weighted by molar-refractivity contribution is 5.14. The van der Waals surface area contributed by atoms with Gasteiger partial charge in [-0.3, -0.25) is 4.90 Å². The molecular weight excluding hydrogens is 254 g/mol. The highest BCUT2D eigenvalue weighted by Gasteiger charge is 2.29. The summed E-state index contributed by atoms with van der Waals surface area (Å²) in [5.41, 5.74) is 1.21. The van der Waals surface area contributed by atoms with Gasteiger partial charge in [0.15, 0.2) is 5.82 Å². The van der Waals surface area contributed by atoms with Crippen LogP contribution in [0.3, 0.4) is 0 Å². The Kier molecular flexibility index (Phi) is 4.08. The smallest absolute Gasteiger partial charge is 0.229 e. The molecule has 0 atom stereocenters. The predicted molar refractivity (Wildman–Crippen MR) is 73.9 cm³/mol. The highest BCUT2D eigenvalue weighted by Crippen LogP contribution is 2.38. The third-order valence-corrected chi connectivity index (χ3v) is 3.44. The van der Waals surface area contributed by atoms with Crippen LogP contribution in [0.15, 0.2) is 34.9 Å². The van der Waals surface area contributed by atoms with Crippen LogP contribution in [0.25, 0.3) is 0 Å². The first-order valence-electron chi connectivity index (χ1n) is 7.05. The van der Waals surface area contributed by atoms with Gasteiger partial charge in [0.1, 0.15) is 0 Å². The SMILES string of the molecule is OCCN(Cc1ccccc1)Cc1noc(C2CC2)n1. The molecule has 1 fully saturated rings. The summed E-state index contributed by atoms with van der Waals surface area (Å²) in [5.74, 6) is 1.96. The third kappa shape index (κ3) is 3.43. The van der Waals surface area contributed by atoms with Gasteiger partial charge in [-0.05, 0) is 18.4 Å². The van der Waals surface area contributed by atoms with Crippen LogP contribution in [0.1, 0.15) is 36.0 Å². The first-order chi connectivity index (χ1) is 9.85. The molecule has 3 rings (SSSR count). The minimum Gasteiger partial charge on any atom is -0.395 e. The lowest BCUT2D eigenvalue weighted by molar-refractivity contribution is 0.179. The lowest BCUT2D eigenvalue weighted by Crippen LogP contribution is -2.26. The Labute approximate surface area is 118 Å². The predicted octanol–water partition coefficient (Wildman–Crippen LogP) is 1.94. The Balaban J connectivity index is 1.63. The molecule has 5 heteroatoms. The van der Waals surface area contributed by atoms with Crippen LogP contribution in [0.2, 0.25) is 0 Å². The quantitative estimate of drug-likeness (QED) is 0.835. The number of aliphatic hydroxyl groups excluding tert-OH is 1. The van der Waals surface area contributed by atoms with Gasteiger partial charge >= 0.3 is 0 Å². The molecule has 20 heavy (non-hydrogen) atoms. The molecule has 1 saturated carbocycles. The molecule has 0 bridgehead atoms. The molecule has 1 N–H and O–H groups in total. The monoisotopic (exact) mass is 273 g/mol. The first-order valence-corrected chi connectivity index (χ1v) is 7.05. The second-order valence-electron chi connectivity index (χ2n) is 5.24. The van der Waals surface area contributed by atoms with E-state index in [1.807, 2.05) is 18.2 Å². The fourth-order valence-corrected chi connectivity index (χ4v) is 2.22. The van der Waals surface area contributed by atoms with Crippen molar-refractivity contribution in [2.45, 2.75) is 31.8 Å². The van der Waals surface area contributed by atoms with Crippen molar-refractivity contribution in [1.82, 2.24) is 15.0 Å². The molecule has 1 heterocycles. The van der Waals surface area contributed by atoms with E-state index in [2.05, 4.69) is 27.2 Å². The number of aromatic nitrogens is 2. The van der Waals surface area contributed by atoms with Crippen LogP contribution in [0.4, 0.5) is 0 Å². The minimum atomic E-state index is 0.125. The maximum Gasteiger partial charge on any atom is 0.229 e. The zero-order valence-electron chi connectivity index (χ0n) is 11.4. The molecule has 1 aliphatic carbocycles. The van der Waals surface area contributed by atoms with E-state index in [1.165, 1.54) is 5.56 Å². The van der Waals surface area contributed by atoms with Gasteiger partial charge in [0, 0.05) is 19.0 Å². The van der Waals surface area contributed by atoms with Crippen LogP contribution in [-0.2, 0) is 13.1 Å². The fourth-order valence-electron chi connectivity index (χ4n) is 2.22. The number of aliphatic hydroxyl groups is 1. The van der Waals surface area contributed by atoms with Crippen molar-refractivity contribution < 1.29 is 9.63 Å². The molecular formula is C15H19N3O2. The Hall–Kier alpha value is -1.72. The lowest BCUT2D eigenvalue weighted by Gasteiger charge is -2.19. The van der Waals surface area contributed by atoms with Gasteiger partial charge in [-0.2, -0.15) is 4.98 Å². The van der Waals surface area contributed by atoms with Crippen molar-refractivity contribution in [2.75, 3.05) is 13.2 Å². The van der Waals surface area contributed by atoms with E-state index >= 15 is 0 Å². The maximum absolute atomic E-state index is 9.19. The Bertz CT molecular complexity index is 537. The zero-order valence-corrected chi connectivity index (χ0v) is 11.4. The van der Waals surface area contributed by atoms with Gasteiger partial charge in [-0.15, -0.1) is 0 Å². The molecule has 0 saturated heterocycles. The van der Waals surface area contributed by atoms with Crippen LogP contribution < -0.4 is 0 Å². The number of benzene rings is 1. The average Bonchev–Trinajstić information content (AvgIpc) is 3.21. The summed E-state index contributed by atoms with van der Waals surface area (Å²) in [6, 6.07) is 10.2. The van der Waals surface area contributed by atoms with E-state index in [0.717, 1.165) is 25.3 Å². The Morgan fingerprint density at radius 3 is 2.70 bits per heavy atom. The molecule has 0 amide bonds. The minimum absolute atomic E-state index is 0.125. The van der Waals surface area contributed by atoms with E-state index in [0.29, 0.717) is 24.8 Å².